The molecule has 124 valence electrons. The topological polar surface area (TPSA) is 76.0 Å². The summed E-state index contributed by atoms with van der Waals surface area (Å²) in [6.07, 6.45) is 5.37. The number of anilines is 1. The van der Waals surface area contributed by atoms with Crippen molar-refractivity contribution < 1.29 is 14.0 Å². The molecule has 1 aromatic carbocycles. The van der Waals surface area contributed by atoms with Gasteiger partial charge in [-0.2, -0.15) is 0 Å². The molecular formula is C17H17FN4O2. The van der Waals surface area contributed by atoms with E-state index in [0.29, 0.717) is 17.8 Å². The molecule has 0 aliphatic carbocycles. The summed E-state index contributed by atoms with van der Waals surface area (Å²) in [5.41, 5.74) is 1.04. The summed E-state index contributed by atoms with van der Waals surface area (Å²) in [5.74, 6) is -0.452. The van der Waals surface area contributed by atoms with Crippen molar-refractivity contribution in [2.45, 2.75) is 37.8 Å². The third-order valence-corrected chi connectivity index (χ3v) is 4.65. The van der Waals surface area contributed by atoms with Crippen molar-refractivity contribution in [2.75, 3.05) is 5.32 Å². The van der Waals surface area contributed by atoms with Crippen LogP contribution in [0.1, 0.15) is 30.1 Å². The van der Waals surface area contributed by atoms with Gasteiger partial charge >= 0.3 is 0 Å². The average Bonchev–Trinajstić information content (AvgIpc) is 3.01. The summed E-state index contributed by atoms with van der Waals surface area (Å²) in [6, 6.07) is 4.15. The smallest absolute Gasteiger partial charge is 0.228 e. The van der Waals surface area contributed by atoms with Gasteiger partial charge < -0.3 is 15.2 Å². The van der Waals surface area contributed by atoms with Crippen molar-refractivity contribution >= 4 is 17.5 Å². The summed E-state index contributed by atoms with van der Waals surface area (Å²) in [5, 5.41) is 5.66. The van der Waals surface area contributed by atoms with Gasteiger partial charge in [0.05, 0.1) is 5.92 Å². The first-order chi connectivity index (χ1) is 11.6. The van der Waals surface area contributed by atoms with Gasteiger partial charge in [-0.3, -0.25) is 9.59 Å². The minimum atomic E-state index is -0.585. The lowest BCUT2D eigenvalue weighted by molar-refractivity contribution is -0.127. The Labute approximate surface area is 138 Å². The zero-order valence-corrected chi connectivity index (χ0v) is 13.0. The summed E-state index contributed by atoms with van der Waals surface area (Å²) in [6.45, 7) is 0.677. The number of carbonyl (C=O) groups is 2. The number of imidazole rings is 1. The van der Waals surface area contributed by atoms with Crippen LogP contribution in [0, 0.1) is 5.82 Å². The molecule has 2 N–H and O–H groups in total. The van der Waals surface area contributed by atoms with Crippen molar-refractivity contribution in [3.63, 3.8) is 0 Å². The fourth-order valence-electron chi connectivity index (χ4n) is 3.46. The predicted octanol–water partition coefficient (Wildman–Crippen LogP) is 1.58. The van der Waals surface area contributed by atoms with Crippen molar-refractivity contribution in [3.05, 3.63) is 47.8 Å². The highest BCUT2D eigenvalue weighted by atomic mass is 19.1. The number of aryl methyl sites for hydroxylation is 1. The number of hydrogen-bond acceptors (Lipinski definition) is 3. The molecule has 0 unspecified atom stereocenters. The van der Waals surface area contributed by atoms with Gasteiger partial charge in [0.2, 0.25) is 11.8 Å². The Balaban J connectivity index is 1.52. The maximum Gasteiger partial charge on any atom is 0.228 e. The monoisotopic (exact) mass is 328 g/mol. The second-order valence-electron chi connectivity index (χ2n) is 6.28. The third-order valence-electron chi connectivity index (χ3n) is 4.65. The normalized spacial score (nSPS) is 22.3. The highest BCUT2D eigenvalue weighted by Crippen LogP contribution is 2.33. The van der Waals surface area contributed by atoms with Gasteiger partial charge in [-0.1, -0.05) is 6.07 Å². The van der Waals surface area contributed by atoms with Crippen LogP contribution in [0.5, 0.6) is 0 Å². The summed E-state index contributed by atoms with van der Waals surface area (Å²) in [4.78, 5) is 28.8. The molecule has 2 amide bonds. The maximum absolute atomic E-state index is 13.4. The van der Waals surface area contributed by atoms with E-state index in [1.165, 1.54) is 12.1 Å². The molecule has 2 aliphatic rings. The number of aromatic nitrogens is 2. The van der Waals surface area contributed by atoms with Crippen LogP contribution in [0.2, 0.25) is 0 Å². The fourth-order valence-corrected chi connectivity index (χ4v) is 3.46. The van der Waals surface area contributed by atoms with E-state index in [1.54, 1.807) is 12.3 Å². The van der Waals surface area contributed by atoms with Crippen LogP contribution >= 0.6 is 0 Å². The fraction of sp³-hybridized carbons (Fsp3) is 0.353. The Hall–Kier alpha value is -2.70. The molecular weight excluding hydrogens is 311 g/mol. The van der Waals surface area contributed by atoms with Gasteiger partial charge in [0.1, 0.15) is 11.6 Å². The number of amides is 2. The Bertz CT molecular complexity index is 817. The molecule has 0 radical (unpaired) electrons. The van der Waals surface area contributed by atoms with Crippen LogP contribution in [0.25, 0.3) is 0 Å². The van der Waals surface area contributed by atoms with Crippen LogP contribution in [0.4, 0.5) is 10.1 Å². The number of nitrogens with zero attached hydrogens (tertiary/aromatic N) is 2. The molecule has 0 fully saturated rings. The van der Waals surface area contributed by atoms with Gasteiger partial charge in [0, 0.05) is 43.5 Å². The number of halogens is 1. The lowest BCUT2D eigenvalue weighted by atomic mass is 9.89. The van der Waals surface area contributed by atoms with Gasteiger partial charge in [0.25, 0.3) is 0 Å². The quantitative estimate of drug-likeness (QED) is 0.879. The molecule has 3 heterocycles. The summed E-state index contributed by atoms with van der Waals surface area (Å²) < 4.78 is 15.4. The second kappa shape index (κ2) is 5.74. The minimum Gasteiger partial charge on any atom is -0.351 e. The van der Waals surface area contributed by atoms with Crippen LogP contribution in [-0.2, 0) is 22.6 Å². The van der Waals surface area contributed by atoms with E-state index >= 15 is 0 Å². The van der Waals surface area contributed by atoms with Gasteiger partial charge in [-0.05, 0) is 24.1 Å². The molecule has 0 spiro atoms. The van der Waals surface area contributed by atoms with E-state index in [0.717, 1.165) is 18.7 Å². The summed E-state index contributed by atoms with van der Waals surface area (Å²) >= 11 is 0. The van der Waals surface area contributed by atoms with E-state index in [1.807, 2.05) is 10.8 Å². The number of rotatable bonds is 2. The van der Waals surface area contributed by atoms with Crippen molar-refractivity contribution in [3.8, 4) is 0 Å². The molecule has 24 heavy (non-hydrogen) atoms. The van der Waals surface area contributed by atoms with Crippen LogP contribution in [0.3, 0.4) is 0 Å². The lowest BCUT2D eigenvalue weighted by Crippen LogP contribution is -2.44. The van der Waals surface area contributed by atoms with E-state index in [4.69, 9.17) is 0 Å². The SMILES string of the molecule is O=C1C[C@@H](C(=O)N[C@@H]2CCc3nccn3C2)c2ccc(F)cc2N1. The van der Waals surface area contributed by atoms with Crippen molar-refractivity contribution in [1.82, 2.24) is 14.9 Å². The largest absolute Gasteiger partial charge is 0.351 e. The highest BCUT2D eigenvalue weighted by Gasteiger charge is 2.32. The third kappa shape index (κ3) is 2.66. The Morgan fingerprint density at radius 2 is 2.29 bits per heavy atom. The molecule has 0 saturated heterocycles. The zero-order chi connectivity index (χ0) is 16.7. The Morgan fingerprint density at radius 1 is 1.42 bits per heavy atom. The van der Waals surface area contributed by atoms with Crippen LogP contribution < -0.4 is 10.6 Å². The van der Waals surface area contributed by atoms with Crippen molar-refractivity contribution in [2.24, 2.45) is 0 Å². The van der Waals surface area contributed by atoms with Gasteiger partial charge in [0.15, 0.2) is 0 Å². The standard InChI is InChI=1S/C17H17FN4O2/c18-10-1-3-12-13(8-16(23)21-14(12)7-10)17(24)20-11-2-4-15-19-5-6-22(15)9-11/h1,3,5-7,11,13H,2,4,8-9H2,(H,20,24)(H,21,23)/t11-,13-/m1/s1. The molecule has 6 nitrogen and oxygen atoms in total. The number of nitrogens with one attached hydrogen (secondary N) is 2. The number of fused-ring (bicyclic) bond motifs is 2. The second-order valence-corrected chi connectivity index (χ2v) is 6.28. The number of hydrogen-bond donors (Lipinski definition) is 2. The van der Waals surface area contributed by atoms with E-state index < -0.39 is 11.7 Å². The summed E-state index contributed by atoms with van der Waals surface area (Å²) in [7, 11) is 0. The van der Waals surface area contributed by atoms with Gasteiger partial charge in [-0.15, -0.1) is 0 Å². The number of benzene rings is 1. The van der Waals surface area contributed by atoms with Gasteiger partial charge in [-0.25, -0.2) is 9.37 Å². The number of carbonyl (C=O) groups excluding carboxylic acids is 2. The molecule has 2 atom stereocenters. The average molecular weight is 328 g/mol. The predicted molar refractivity (Wildman–Crippen MR) is 84.9 cm³/mol. The first kappa shape index (κ1) is 14.9. The van der Waals surface area contributed by atoms with E-state index in [9.17, 15) is 14.0 Å². The maximum atomic E-state index is 13.4. The molecule has 7 heteroatoms. The Kier molecular flexibility index (Phi) is 3.55. The molecule has 2 aromatic rings. The van der Waals surface area contributed by atoms with Crippen LogP contribution in [-0.4, -0.2) is 27.4 Å². The molecule has 0 bridgehead atoms. The minimum absolute atomic E-state index is 0.00749. The molecule has 1 aromatic heterocycles. The zero-order valence-electron chi connectivity index (χ0n) is 13.0. The van der Waals surface area contributed by atoms with Crippen LogP contribution in [0.15, 0.2) is 30.6 Å². The van der Waals surface area contributed by atoms with E-state index in [-0.39, 0.29) is 24.3 Å². The lowest BCUT2D eigenvalue weighted by Gasteiger charge is -2.29. The highest BCUT2D eigenvalue weighted by molar-refractivity contribution is 6.01. The van der Waals surface area contributed by atoms with Crippen molar-refractivity contribution in [1.29, 1.82) is 0 Å². The first-order valence-electron chi connectivity index (χ1n) is 8.00. The molecule has 2 aliphatic heterocycles. The van der Waals surface area contributed by atoms with E-state index in [2.05, 4.69) is 15.6 Å². The Morgan fingerprint density at radius 3 is 3.17 bits per heavy atom. The molecule has 4 rings (SSSR count). The first-order valence-corrected chi connectivity index (χ1v) is 8.00. The molecule has 0 saturated carbocycles.